The van der Waals surface area contributed by atoms with Gasteiger partial charge in [0.1, 0.15) is 11.6 Å². The molecule has 0 amide bonds. The summed E-state index contributed by atoms with van der Waals surface area (Å²) in [5.74, 6) is -1.51. The monoisotopic (exact) mass is 242 g/mol. The van der Waals surface area contributed by atoms with Crippen LogP contribution in [0.3, 0.4) is 0 Å². The first-order chi connectivity index (χ1) is 7.99. The molecule has 96 valence electrons. The number of carbonyl (C=O) groups excluding carboxylic acids is 4. The van der Waals surface area contributed by atoms with Gasteiger partial charge in [-0.25, -0.2) is 0 Å². The summed E-state index contributed by atoms with van der Waals surface area (Å²) in [6.45, 7) is 3.41. The zero-order chi connectivity index (χ0) is 13.3. The largest absolute Gasteiger partial charge is 0.393 e. The van der Waals surface area contributed by atoms with Gasteiger partial charge in [-0.2, -0.15) is 0 Å². The summed E-state index contributed by atoms with van der Waals surface area (Å²) in [4.78, 5) is 44.1. The minimum atomic E-state index is -0.708. The van der Waals surface area contributed by atoms with Crippen LogP contribution in [-0.4, -0.2) is 23.5 Å². The Kier molecular flexibility index (Phi) is 7.84. The van der Waals surface area contributed by atoms with Gasteiger partial charge in [0.15, 0.2) is 0 Å². The van der Waals surface area contributed by atoms with Crippen LogP contribution in [0.4, 0.5) is 0 Å². The van der Waals surface area contributed by atoms with Crippen LogP contribution in [0.25, 0.3) is 0 Å². The van der Waals surface area contributed by atoms with Gasteiger partial charge >= 0.3 is 11.9 Å². The van der Waals surface area contributed by atoms with Gasteiger partial charge < -0.3 is 4.74 Å². The molecule has 0 saturated heterocycles. The topological polar surface area (TPSA) is 77.5 Å². The van der Waals surface area contributed by atoms with Crippen molar-refractivity contribution in [1.82, 2.24) is 0 Å². The summed E-state index contributed by atoms with van der Waals surface area (Å²) in [5, 5.41) is 0. The quantitative estimate of drug-likeness (QED) is 0.477. The van der Waals surface area contributed by atoms with E-state index in [1.54, 1.807) is 13.8 Å². The number of ketones is 2. The third-order valence-corrected chi connectivity index (χ3v) is 2.23. The van der Waals surface area contributed by atoms with E-state index in [4.69, 9.17) is 0 Å². The molecule has 0 aromatic rings. The average Bonchev–Trinajstić information content (AvgIpc) is 2.32. The maximum absolute atomic E-state index is 11.1. The van der Waals surface area contributed by atoms with Gasteiger partial charge in [0.2, 0.25) is 0 Å². The molecule has 0 aliphatic carbocycles. The maximum atomic E-state index is 11.1. The average molecular weight is 242 g/mol. The molecule has 0 aliphatic heterocycles. The van der Waals surface area contributed by atoms with Crippen molar-refractivity contribution in [2.24, 2.45) is 0 Å². The zero-order valence-corrected chi connectivity index (χ0v) is 10.3. The molecule has 5 nitrogen and oxygen atoms in total. The Labute approximate surface area is 101 Å². The number of esters is 2. The first-order valence-corrected chi connectivity index (χ1v) is 5.76. The second kappa shape index (κ2) is 8.61. The van der Waals surface area contributed by atoms with E-state index in [9.17, 15) is 19.2 Å². The Hall–Kier alpha value is -1.52. The van der Waals surface area contributed by atoms with Crippen molar-refractivity contribution in [3.8, 4) is 0 Å². The lowest BCUT2D eigenvalue weighted by molar-refractivity contribution is -0.160. The fourth-order valence-corrected chi connectivity index (χ4v) is 1.07. The molecule has 0 fully saturated rings. The summed E-state index contributed by atoms with van der Waals surface area (Å²) < 4.78 is 4.46. The van der Waals surface area contributed by atoms with Gasteiger partial charge in [0.05, 0.1) is 12.8 Å². The predicted molar refractivity (Wildman–Crippen MR) is 60.2 cm³/mol. The second-order valence-corrected chi connectivity index (χ2v) is 3.63. The Balaban J connectivity index is 3.77. The summed E-state index contributed by atoms with van der Waals surface area (Å²) in [6.07, 6.45) is 0.756. The highest BCUT2D eigenvalue weighted by Gasteiger charge is 2.13. The zero-order valence-electron chi connectivity index (χ0n) is 10.3. The highest BCUT2D eigenvalue weighted by atomic mass is 16.6. The standard InChI is InChI=1S/C12H18O5/c1-3-9(13)5-7-11(15)17-12(16)8-6-10(14)4-2/h3-8H2,1-2H3. The fraction of sp³-hybridized carbons (Fsp3) is 0.667. The Morgan fingerprint density at radius 1 is 0.706 bits per heavy atom. The molecule has 17 heavy (non-hydrogen) atoms. The van der Waals surface area contributed by atoms with Gasteiger partial charge in [-0.05, 0) is 0 Å². The van der Waals surface area contributed by atoms with E-state index in [1.807, 2.05) is 0 Å². The van der Waals surface area contributed by atoms with Crippen molar-refractivity contribution >= 4 is 23.5 Å². The highest BCUT2D eigenvalue weighted by molar-refractivity contribution is 5.90. The number of carbonyl (C=O) groups is 4. The van der Waals surface area contributed by atoms with Crippen molar-refractivity contribution in [2.45, 2.75) is 52.4 Å². The van der Waals surface area contributed by atoms with Crippen LogP contribution in [0.5, 0.6) is 0 Å². The number of hydrogen-bond donors (Lipinski definition) is 0. The normalized spacial score (nSPS) is 9.76. The number of Topliss-reactive ketones (excluding diaryl/α,β-unsaturated/α-hetero) is 2. The number of rotatable bonds is 8. The molecular weight excluding hydrogens is 224 g/mol. The van der Waals surface area contributed by atoms with E-state index in [0.717, 1.165) is 0 Å². The Morgan fingerprint density at radius 3 is 1.35 bits per heavy atom. The molecule has 0 unspecified atom stereocenters. The molecule has 0 atom stereocenters. The lowest BCUT2D eigenvalue weighted by Crippen LogP contribution is -2.14. The van der Waals surface area contributed by atoms with Gasteiger partial charge in [-0.3, -0.25) is 19.2 Å². The van der Waals surface area contributed by atoms with Crippen molar-refractivity contribution in [1.29, 1.82) is 0 Å². The molecule has 5 heteroatoms. The van der Waals surface area contributed by atoms with E-state index < -0.39 is 11.9 Å². The summed E-state index contributed by atoms with van der Waals surface area (Å²) in [7, 11) is 0. The maximum Gasteiger partial charge on any atom is 0.313 e. The summed E-state index contributed by atoms with van der Waals surface area (Å²) in [5.41, 5.74) is 0. The molecule has 0 N–H and O–H groups in total. The van der Waals surface area contributed by atoms with E-state index in [2.05, 4.69) is 4.74 Å². The first kappa shape index (κ1) is 15.5. The highest BCUT2D eigenvalue weighted by Crippen LogP contribution is 2.01. The third-order valence-electron chi connectivity index (χ3n) is 2.23. The summed E-state index contributed by atoms with van der Waals surface area (Å²) in [6, 6.07) is 0. The fourth-order valence-electron chi connectivity index (χ4n) is 1.07. The van der Waals surface area contributed by atoms with Gasteiger partial charge in [0, 0.05) is 25.7 Å². The molecule has 0 spiro atoms. The first-order valence-electron chi connectivity index (χ1n) is 5.76. The smallest absolute Gasteiger partial charge is 0.313 e. The molecule has 0 aromatic carbocycles. The van der Waals surface area contributed by atoms with Gasteiger partial charge in [0.25, 0.3) is 0 Å². The molecule has 0 radical (unpaired) electrons. The van der Waals surface area contributed by atoms with Crippen LogP contribution in [0.2, 0.25) is 0 Å². The lowest BCUT2D eigenvalue weighted by atomic mass is 10.2. The van der Waals surface area contributed by atoms with Crippen molar-refractivity contribution < 1.29 is 23.9 Å². The summed E-state index contributed by atoms with van der Waals surface area (Å²) >= 11 is 0. The molecule has 0 aromatic heterocycles. The van der Waals surface area contributed by atoms with E-state index in [-0.39, 0.29) is 37.2 Å². The van der Waals surface area contributed by atoms with Crippen LogP contribution in [-0.2, 0) is 23.9 Å². The minimum absolute atomic E-state index is 0.0458. The van der Waals surface area contributed by atoms with Gasteiger partial charge in [-0.15, -0.1) is 0 Å². The molecule has 0 bridgehead atoms. The Morgan fingerprint density at radius 2 is 1.06 bits per heavy atom. The minimum Gasteiger partial charge on any atom is -0.393 e. The van der Waals surface area contributed by atoms with E-state index >= 15 is 0 Å². The molecule has 0 rings (SSSR count). The number of ether oxygens (including phenoxy) is 1. The lowest BCUT2D eigenvalue weighted by Gasteiger charge is -2.01. The van der Waals surface area contributed by atoms with E-state index in [1.165, 1.54) is 0 Å². The SMILES string of the molecule is CCC(=O)CCC(=O)OC(=O)CCC(=O)CC. The van der Waals surface area contributed by atoms with Gasteiger partial charge in [-0.1, -0.05) is 13.8 Å². The molecule has 0 heterocycles. The van der Waals surface area contributed by atoms with Crippen LogP contribution in [0.1, 0.15) is 52.4 Å². The van der Waals surface area contributed by atoms with Crippen molar-refractivity contribution in [3.63, 3.8) is 0 Å². The van der Waals surface area contributed by atoms with Crippen molar-refractivity contribution in [3.05, 3.63) is 0 Å². The second-order valence-electron chi connectivity index (χ2n) is 3.63. The van der Waals surface area contributed by atoms with Crippen LogP contribution >= 0.6 is 0 Å². The number of hydrogen-bond acceptors (Lipinski definition) is 5. The molecule has 0 saturated carbocycles. The van der Waals surface area contributed by atoms with E-state index in [0.29, 0.717) is 12.8 Å². The predicted octanol–water partition coefficient (Wildman–Crippen LogP) is 1.57. The van der Waals surface area contributed by atoms with Crippen LogP contribution in [0, 0.1) is 0 Å². The van der Waals surface area contributed by atoms with Crippen LogP contribution in [0.15, 0.2) is 0 Å². The third kappa shape index (κ3) is 8.30. The van der Waals surface area contributed by atoms with Crippen molar-refractivity contribution in [2.75, 3.05) is 0 Å². The molecular formula is C12H18O5. The Bertz CT molecular complexity index is 276. The van der Waals surface area contributed by atoms with Crippen LogP contribution < -0.4 is 0 Å². The molecule has 0 aliphatic rings.